The van der Waals surface area contributed by atoms with Gasteiger partial charge in [-0.2, -0.15) is 0 Å². The first kappa shape index (κ1) is 13.4. The van der Waals surface area contributed by atoms with Crippen molar-refractivity contribution >= 4 is 5.91 Å². The van der Waals surface area contributed by atoms with Crippen molar-refractivity contribution in [1.29, 1.82) is 0 Å². The lowest BCUT2D eigenvalue weighted by molar-refractivity contribution is -0.125. The molecule has 0 bridgehead atoms. The van der Waals surface area contributed by atoms with Gasteiger partial charge in [-0.15, -0.1) is 0 Å². The zero-order chi connectivity index (χ0) is 10.8. The van der Waals surface area contributed by atoms with Crippen LogP contribution in [0.4, 0.5) is 0 Å². The summed E-state index contributed by atoms with van der Waals surface area (Å²) in [5, 5.41) is 11.2. The molecule has 0 aromatic heterocycles. The van der Waals surface area contributed by atoms with Crippen LogP contribution in [0.2, 0.25) is 0 Å². The standard InChI is InChI=1S/C9H20N2O3/c1-11(2)5-4-10-9(13)8-14-7-3-6-12/h12H,3-8H2,1-2H3,(H,10,13). The maximum absolute atomic E-state index is 11.1. The third-order valence-electron chi connectivity index (χ3n) is 1.56. The molecule has 0 aromatic rings. The van der Waals surface area contributed by atoms with Crippen molar-refractivity contribution in [3.8, 4) is 0 Å². The van der Waals surface area contributed by atoms with Crippen LogP contribution >= 0.6 is 0 Å². The number of likely N-dealkylation sites (N-methyl/N-ethyl adjacent to an activating group) is 1. The van der Waals surface area contributed by atoms with Gasteiger partial charge < -0.3 is 20.1 Å². The summed E-state index contributed by atoms with van der Waals surface area (Å²) < 4.78 is 5.01. The second-order valence-electron chi connectivity index (χ2n) is 3.28. The summed E-state index contributed by atoms with van der Waals surface area (Å²) in [7, 11) is 3.90. The molecule has 84 valence electrons. The van der Waals surface area contributed by atoms with Crippen LogP contribution in [0.25, 0.3) is 0 Å². The van der Waals surface area contributed by atoms with Crippen LogP contribution in [0.3, 0.4) is 0 Å². The Hall–Kier alpha value is -0.650. The van der Waals surface area contributed by atoms with Crippen molar-refractivity contribution in [2.45, 2.75) is 6.42 Å². The van der Waals surface area contributed by atoms with Crippen LogP contribution in [-0.4, -0.2) is 62.9 Å². The Morgan fingerprint density at radius 2 is 2.21 bits per heavy atom. The van der Waals surface area contributed by atoms with E-state index < -0.39 is 0 Å². The summed E-state index contributed by atoms with van der Waals surface area (Å²) >= 11 is 0. The number of ether oxygens (including phenoxy) is 1. The number of carbonyl (C=O) groups excluding carboxylic acids is 1. The molecule has 0 aliphatic rings. The molecule has 0 atom stereocenters. The van der Waals surface area contributed by atoms with Gasteiger partial charge in [0, 0.05) is 26.3 Å². The van der Waals surface area contributed by atoms with E-state index >= 15 is 0 Å². The van der Waals surface area contributed by atoms with Crippen LogP contribution in [0, 0.1) is 0 Å². The smallest absolute Gasteiger partial charge is 0.246 e. The number of nitrogens with one attached hydrogen (secondary N) is 1. The Balaban J connectivity index is 3.20. The molecule has 0 saturated heterocycles. The maximum atomic E-state index is 11.1. The number of nitrogens with zero attached hydrogens (tertiary/aromatic N) is 1. The minimum Gasteiger partial charge on any atom is -0.396 e. The summed E-state index contributed by atoms with van der Waals surface area (Å²) in [6, 6.07) is 0. The molecule has 0 heterocycles. The van der Waals surface area contributed by atoms with Gasteiger partial charge >= 0.3 is 0 Å². The number of rotatable bonds is 8. The van der Waals surface area contributed by atoms with Crippen molar-refractivity contribution in [3.05, 3.63) is 0 Å². The van der Waals surface area contributed by atoms with Crippen molar-refractivity contribution in [2.75, 3.05) is 47.0 Å². The van der Waals surface area contributed by atoms with Crippen LogP contribution in [-0.2, 0) is 9.53 Å². The van der Waals surface area contributed by atoms with Crippen molar-refractivity contribution in [3.63, 3.8) is 0 Å². The van der Waals surface area contributed by atoms with Gasteiger partial charge in [0.05, 0.1) is 0 Å². The molecule has 0 fully saturated rings. The van der Waals surface area contributed by atoms with E-state index in [0.29, 0.717) is 19.6 Å². The summed E-state index contributed by atoms with van der Waals surface area (Å²) in [5.41, 5.74) is 0. The second kappa shape index (κ2) is 8.93. The summed E-state index contributed by atoms with van der Waals surface area (Å²) in [6.45, 7) is 2.06. The van der Waals surface area contributed by atoms with Crippen LogP contribution < -0.4 is 5.32 Å². The Kier molecular flexibility index (Phi) is 8.51. The second-order valence-corrected chi connectivity index (χ2v) is 3.28. The summed E-state index contributed by atoms with van der Waals surface area (Å²) in [6.07, 6.45) is 0.574. The predicted molar refractivity (Wildman–Crippen MR) is 54.1 cm³/mol. The molecular weight excluding hydrogens is 184 g/mol. The van der Waals surface area contributed by atoms with E-state index in [1.54, 1.807) is 0 Å². The molecule has 0 aliphatic carbocycles. The van der Waals surface area contributed by atoms with Gasteiger partial charge in [0.1, 0.15) is 6.61 Å². The lowest BCUT2D eigenvalue weighted by Crippen LogP contribution is -2.33. The molecule has 14 heavy (non-hydrogen) atoms. The molecule has 0 radical (unpaired) electrons. The topological polar surface area (TPSA) is 61.8 Å². The van der Waals surface area contributed by atoms with Crippen LogP contribution in [0.15, 0.2) is 0 Å². The molecule has 0 unspecified atom stereocenters. The maximum Gasteiger partial charge on any atom is 0.246 e. The Morgan fingerprint density at radius 1 is 1.50 bits per heavy atom. The quantitative estimate of drug-likeness (QED) is 0.501. The predicted octanol–water partition coefficient (Wildman–Crippen LogP) is -0.937. The molecule has 5 heteroatoms. The Morgan fingerprint density at radius 3 is 2.79 bits per heavy atom. The van der Waals surface area contributed by atoms with Gasteiger partial charge in [-0.25, -0.2) is 0 Å². The SMILES string of the molecule is CN(C)CCNC(=O)COCCCO. The lowest BCUT2D eigenvalue weighted by Gasteiger charge is -2.10. The molecule has 2 N–H and O–H groups in total. The average molecular weight is 204 g/mol. The normalized spacial score (nSPS) is 10.6. The van der Waals surface area contributed by atoms with Gasteiger partial charge in [-0.1, -0.05) is 0 Å². The van der Waals surface area contributed by atoms with E-state index in [0.717, 1.165) is 6.54 Å². The third kappa shape index (κ3) is 9.44. The highest BCUT2D eigenvalue weighted by atomic mass is 16.5. The van der Waals surface area contributed by atoms with Crippen LogP contribution in [0.5, 0.6) is 0 Å². The van der Waals surface area contributed by atoms with E-state index in [9.17, 15) is 4.79 Å². The Labute approximate surface area is 85.0 Å². The highest BCUT2D eigenvalue weighted by molar-refractivity contribution is 5.77. The molecular formula is C9H20N2O3. The van der Waals surface area contributed by atoms with E-state index in [1.165, 1.54) is 0 Å². The highest BCUT2D eigenvalue weighted by Gasteiger charge is 2.00. The lowest BCUT2D eigenvalue weighted by atomic mass is 10.5. The number of amides is 1. The molecule has 1 amide bonds. The average Bonchev–Trinajstić information content (AvgIpc) is 2.12. The fourth-order valence-corrected chi connectivity index (χ4v) is 0.801. The van der Waals surface area contributed by atoms with Gasteiger partial charge in [-0.3, -0.25) is 4.79 Å². The minimum atomic E-state index is -0.107. The molecule has 0 aliphatic heterocycles. The molecule has 5 nitrogen and oxygen atoms in total. The number of aliphatic hydroxyl groups excluding tert-OH is 1. The third-order valence-corrected chi connectivity index (χ3v) is 1.56. The van der Waals surface area contributed by atoms with Crippen molar-refractivity contribution in [2.24, 2.45) is 0 Å². The molecule has 0 aromatic carbocycles. The van der Waals surface area contributed by atoms with Crippen LogP contribution in [0.1, 0.15) is 6.42 Å². The van der Waals surface area contributed by atoms with Crippen molar-refractivity contribution in [1.82, 2.24) is 10.2 Å². The first-order valence-electron chi connectivity index (χ1n) is 4.77. The fraction of sp³-hybridized carbons (Fsp3) is 0.889. The minimum absolute atomic E-state index is 0.0768. The largest absolute Gasteiger partial charge is 0.396 e. The summed E-state index contributed by atoms with van der Waals surface area (Å²) in [4.78, 5) is 13.1. The number of hydrogen-bond donors (Lipinski definition) is 2. The first-order chi connectivity index (χ1) is 6.66. The van der Waals surface area contributed by atoms with Gasteiger partial charge in [0.2, 0.25) is 5.91 Å². The molecule has 0 saturated carbocycles. The van der Waals surface area contributed by atoms with Gasteiger partial charge in [0.15, 0.2) is 0 Å². The van der Waals surface area contributed by atoms with Gasteiger partial charge in [0.25, 0.3) is 0 Å². The van der Waals surface area contributed by atoms with E-state index in [2.05, 4.69) is 5.32 Å². The highest BCUT2D eigenvalue weighted by Crippen LogP contribution is 1.80. The first-order valence-corrected chi connectivity index (χ1v) is 4.77. The van der Waals surface area contributed by atoms with E-state index in [-0.39, 0.29) is 19.1 Å². The van der Waals surface area contributed by atoms with E-state index in [4.69, 9.17) is 9.84 Å². The fourth-order valence-electron chi connectivity index (χ4n) is 0.801. The molecule has 0 spiro atoms. The van der Waals surface area contributed by atoms with Gasteiger partial charge in [-0.05, 0) is 20.5 Å². The zero-order valence-corrected chi connectivity index (χ0v) is 8.95. The van der Waals surface area contributed by atoms with Crippen molar-refractivity contribution < 1.29 is 14.6 Å². The monoisotopic (exact) mass is 204 g/mol. The number of carbonyl (C=O) groups is 1. The van der Waals surface area contributed by atoms with E-state index in [1.807, 2.05) is 19.0 Å². The Bertz CT molecular complexity index is 151. The number of hydrogen-bond acceptors (Lipinski definition) is 4. The summed E-state index contributed by atoms with van der Waals surface area (Å²) in [5.74, 6) is -0.107. The molecule has 0 rings (SSSR count). The zero-order valence-electron chi connectivity index (χ0n) is 8.95. The number of aliphatic hydroxyl groups is 1.